The second-order valence-electron chi connectivity index (χ2n) is 11.5. The van der Waals surface area contributed by atoms with Crippen LogP contribution in [0.25, 0.3) is 11.4 Å². The van der Waals surface area contributed by atoms with Gasteiger partial charge in [0.25, 0.3) is 11.8 Å². The van der Waals surface area contributed by atoms with Crippen molar-refractivity contribution in [1.29, 1.82) is 0 Å². The van der Waals surface area contributed by atoms with E-state index in [1.54, 1.807) is 38.2 Å². The highest BCUT2D eigenvalue weighted by atomic mass is 16.6. The van der Waals surface area contributed by atoms with E-state index in [0.717, 1.165) is 0 Å². The zero-order chi connectivity index (χ0) is 37.0. The van der Waals surface area contributed by atoms with Gasteiger partial charge in [0.05, 0.1) is 129 Å². The summed E-state index contributed by atoms with van der Waals surface area (Å²) in [5.41, 5.74) is 3.15. The lowest BCUT2D eigenvalue weighted by molar-refractivity contribution is -0.124. The zero-order valence-corrected chi connectivity index (χ0v) is 30.7. The Balaban J connectivity index is 1.48. The van der Waals surface area contributed by atoms with Crippen LogP contribution in [0.1, 0.15) is 11.1 Å². The molecule has 0 spiro atoms. The molecule has 0 unspecified atom stereocenters. The summed E-state index contributed by atoms with van der Waals surface area (Å²) in [6.07, 6.45) is 0. The minimum atomic E-state index is -0.280. The van der Waals surface area contributed by atoms with Gasteiger partial charge in [0, 0.05) is 27.3 Å². The number of nitrogens with zero attached hydrogens (tertiary/aromatic N) is 2. The molecule has 14 heteroatoms. The third-order valence-corrected chi connectivity index (χ3v) is 8.18. The van der Waals surface area contributed by atoms with E-state index >= 15 is 0 Å². The third kappa shape index (κ3) is 11.6. The molecule has 2 heterocycles. The van der Waals surface area contributed by atoms with Crippen molar-refractivity contribution in [3.63, 3.8) is 0 Å². The average molecular weight is 729 g/mol. The number of carbonyl (C=O) groups is 2. The number of methoxy groups -OCH3 is 4. The van der Waals surface area contributed by atoms with Gasteiger partial charge < -0.3 is 57.2 Å². The van der Waals surface area contributed by atoms with E-state index in [2.05, 4.69) is 0 Å². The van der Waals surface area contributed by atoms with E-state index in [4.69, 9.17) is 47.4 Å². The Morgan fingerprint density at radius 2 is 0.692 bits per heavy atom. The molecule has 0 aromatic heterocycles. The summed E-state index contributed by atoms with van der Waals surface area (Å²) >= 11 is 0. The zero-order valence-electron chi connectivity index (χ0n) is 30.7. The average Bonchev–Trinajstić information content (AvgIpc) is 3.62. The monoisotopic (exact) mass is 728 g/mol. The molecule has 0 saturated carbocycles. The van der Waals surface area contributed by atoms with Gasteiger partial charge in [-0.3, -0.25) is 9.59 Å². The molecule has 2 aliphatic rings. The van der Waals surface area contributed by atoms with Gasteiger partial charge in [0.2, 0.25) is 0 Å². The Bertz CT molecular complexity index is 1340. The summed E-state index contributed by atoms with van der Waals surface area (Å²) in [6.45, 7) is 6.30. The van der Waals surface area contributed by atoms with Crippen molar-refractivity contribution in [3.05, 3.63) is 70.8 Å². The number of rotatable bonds is 28. The van der Waals surface area contributed by atoms with E-state index in [1.807, 2.05) is 48.5 Å². The number of benzene rings is 2. The molecule has 4 rings (SSSR count). The Labute approximate surface area is 306 Å². The van der Waals surface area contributed by atoms with Crippen LogP contribution in [0, 0.1) is 0 Å². The van der Waals surface area contributed by atoms with Crippen molar-refractivity contribution in [1.82, 2.24) is 9.80 Å². The predicted octanol–water partition coefficient (Wildman–Crippen LogP) is 2.90. The first kappa shape index (κ1) is 40.9. The smallest absolute Gasteiger partial charge is 0.261 e. The molecule has 0 fully saturated rings. The summed E-state index contributed by atoms with van der Waals surface area (Å²) in [6, 6.07) is 14.6. The van der Waals surface area contributed by atoms with E-state index in [9.17, 15) is 9.59 Å². The van der Waals surface area contributed by atoms with Crippen molar-refractivity contribution in [2.75, 3.05) is 134 Å². The van der Waals surface area contributed by atoms with Crippen molar-refractivity contribution < 1.29 is 57.0 Å². The first-order chi connectivity index (χ1) is 25.5. The molecule has 0 saturated heterocycles. The Kier molecular flexibility index (Phi) is 18.0. The van der Waals surface area contributed by atoms with Crippen LogP contribution in [0.3, 0.4) is 0 Å². The predicted molar refractivity (Wildman–Crippen MR) is 192 cm³/mol. The molecule has 0 atom stereocenters. The highest BCUT2D eigenvalue weighted by Gasteiger charge is 2.48. The fourth-order valence-corrected chi connectivity index (χ4v) is 5.60. The first-order valence-corrected chi connectivity index (χ1v) is 17.4. The molecule has 2 aromatic carbocycles. The van der Waals surface area contributed by atoms with Crippen LogP contribution in [-0.2, 0) is 47.5 Å². The number of fused-ring (bicyclic) bond motifs is 1. The van der Waals surface area contributed by atoms with E-state index in [-0.39, 0.29) is 38.1 Å². The molecule has 14 nitrogen and oxygen atoms in total. The van der Waals surface area contributed by atoms with Crippen molar-refractivity contribution >= 4 is 23.2 Å². The summed E-state index contributed by atoms with van der Waals surface area (Å²) in [5, 5.41) is 0. The number of ether oxygens (including phenoxy) is 10. The lowest BCUT2D eigenvalue weighted by Gasteiger charge is -2.25. The summed E-state index contributed by atoms with van der Waals surface area (Å²) < 4.78 is 54.4. The highest BCUT2D eigenvalue weighted by molar-refractivity contribution is 6.30. The van der Waals surface area contributed by atoms with Crippen LogP contribution in [0.5, 0.6) is 11.5 Å². The van der Waals surface area contributed by atoms with Crippen molar-refractivity contribution in [2.45, 2.75) is 0 Å². The quantitative estimate of drug-likeness (QED) is 0.119. The minimum absolute atomic E-state index is 0.233. The van der Waals surface area contributed by atoms with E-state index in [0.29, 0.717) is 124 Å². The molecule has 0 radical (unpaired) electrons. The van der Waals surface area contributed by atoms with Gasteiger partial charge in [-0.1, -0.05) is 0 Å². The standard InChI is InChI=1S/C38H52N2O12/c1-43-17-19-49-25-27-51-23-21-47-15-13-39-35(29-5-9-31(45-3)10-6-29)33-34(37(39)41)36(30-7-11-32(46-4)12-8-30)40(38(33)42)14-16-48-22-24-52-28-26-50-20-18-44-2/h5-12H,13-28H2,1-4H3. The number of hydrogen-bond donors (Lipinski definition) is 0. The maximum absolute atomic E-state index is 14.4. The minimum Gasteiger partial charge on any atom is -0.497 e. The third-order valence-electron chi connectivity index (χ3n) is 8.18. The fourth-order valence-electron chi connectivity index (χ4n) is 5.60. The second kappa shape index (κ2) is 22.9. The summed E-state index contributed by atoms with van der Waals surface area (Å²) in [4.78, 5) is 32.0. The molecule has 2 aliphatic heterocycles. The first-order valence-electron chi connectivity index (χ1n) is 17.4. The Morgan fingerprint density at radius 3 is 0.981 bits per heavy atom. The number of amides is 2. The molecule has 2 amide bonds. The van der Waals surface area contributed by atoms with Gasteiger partial charge in [-0.15, -0.1) is 0 Å². The van der Waals surface area contributed by atoms with Gasteiger partial charge >= 0.3 is 0 Å². The van der Waals surface area contributed by atoms with E-state index < -0.39 is 0 Å². The number of carbonyl (C=O) groups excluding carboxylic acids is 2. The van der Waals surface area contributed by atoms with Gasteiger partial charge in [-0.25, -0.2) is 0 Å². The van der Waals surface area contributed by atoms with Gasteiger partial charge in [0.15, 0.2) is 0 Å². The maximum atomic E-state index is 14.4. The molecule has 0 bridgehead atoms. The van der Waals surface area contributed by atoms with Crippen molar-refractivity contribution in [3.8, 4) is 11.5 Å². The lowest BCUT2D eigenvalue weighted by Crippen LogP contribution is -2.33. The summed E-state index contributed by atoms with van der Waals surface area (Å²) in [5.74, 6) is 0.757. The maximum Gasteiger partial charge on any atom is 0.261 e. The van der Waals surface area contributed by atoms with Gasteiger partial charge in [0.1, 0.15) is 11.5 Å². The summed E-state index contributed by atoms with van der Waals surface area (Å²) in [7, 11) is 6.43. The topological polar surface area (TPSA) is 133 Å². The van der Waals surface area contributed by atoms with Crippen LogP contribution in [0.4, 0.5) is 0 Å². The second-order valence-corrected chi connectivity index (χ2v) is 11.5. The van der Waals surface area contributed by atoms with Crippen molar-refractivity contribution in [2.24, 2.45) is 0 Å². The molecule has 52 heavy (non-hydrogen) atoms. The van der Waals surface area contributed by atoms with Gasteiger partial charge in [-0.05, 0) is 59.7 Å². The molecule has 0 aliphatic carbocycles. The lowest BCUT2D eigenvalue weighted by atomic mass is 10.0. The fraction of sp³-hybridized carbons (Fsp3) is 0.526. The molecule has 2 aromatic rings. The molecule has 0 N–H and O–H groups in total. The van der Waals surface area contributed by atoms with E-state index in [1.165, 1.54) is 0 Å². The Morgan fingerprint density at radius 1 is 0.404 bits per heavy atom. The van der Waals surface area contributed by atoms with Crippen LogP contribution >= 0.6 is 0 Å². The number of hydrogen-bond acceptors (Lipinski definition) is 12. The van der Waals surface area contributed by atoms with Crippen LogP contribution < -0.4 is 9.47 Å². The van der Waals surface area contributed by atoms with Crippen LogP contribution in [-0.4, -0.2) is 156 Å². The van der Waals surface area contributed by atoms with Crippen LogP contribution in [0.15, 0.2) is 59.7 Å². The Hall–Kier alpha value is -3.86. The van der Waals surface area contributed by atoms with Gasteiger partial charge in [-0.2, -0.15) is 0 Å². The molecular weight excluding hydrogens is 676 g/mol. The highest BCUT2D eigenvalue weighted by Crippen LogP contribution is 2.46. The normalized spacial score (nSPS) is 14.3. The SMILES string of the molecule is COCCOCCOCCOCCN1C(=O)C2=C(c3ccc(OC)cc3)N(CCOCCOCCOCCOC)C(=O)C2=C1c1ccc(OC)cc1. The molecule has 286 valence electrons. The molecular formula is C38H52N2O12. The van der Waals surface area contributed by atoms with Crippen LogP contribution in [0.2, 0.25) is 0 Å². The largest absolute Gasteiger partial charge is 0.497 e.